The zero-order valence-electron chi connectivity index (χ0n) is 20.0. The van der Waals surface area contributed by atoms with Crippen LogP contribution in [0.2, 0.25) is 0 Å². The molecule has 0 bridgehead atoms. The predicted octanol–water partition coefficient (Wildman–Crippen LogP) is 4.44. The highest BCUT2D eigenvalue weighted by Gasteiger charge is 2.21. The SMILES string of the molecule is COc1c(Nc2cc(Cc3cccc(C#N)n3)nc3c2N=C(C)C3)cccc1-c1nc(C)nn1C. The molecule has 4 aromatic rings. The number of fused-ring (bicyclic) bond motifs is 1. The average Bonchev–Trinajstić information content (AvgIpc) is 3.39. The van der Waals surface area contributed by atoms with Crippen LogP contribution < -0.4 is 10.1 Å². The van der Waals surface area contributed by atoms with Gasteiger partial charge in [0.25, 0.3) is 0 Å². The Hall–Kier alpha value is -4.58. The van der Waals surface area contributed by atoms with Gasteiger partial charge in [-0.3, -0.25) is 9.98 Å². The topological polar surface area (TPSA) is 114 Å². The van der Waals surface area contributed by atoms with E-state index >= 15 is 0 Å². The summed E-state index contributed by atoms with van der Waals surface area (Å²) < 4.78 is 7.57. The van der Waals surface area contributed by atoms with Crippen LogP contribution in [0.1, 0.15) is 35.5 Å². The number of nitriles is 1. The maximum atomic E-state index is 9.19. The Morgan fingerprint density at radius 1 is 1.06 bits per heavy atom. The molecule has 0 radical (unpaired) electrons. The van der Waals surface area contributed by atoms with Gasteiger partial charge >= 0.3 is 0 Å². The fourth-order valence-corrected chi connectivity index (χ4v) is 4.30. The van der Waals surface area contributed by atoms with E-state index in [1.54, 1.807) is 17.9 Å². The van der Waals surface area contributed by atoms with Crippen molar-refractivity contribution in [3.8, 4) is 23.2 Å². The summed E-state index contributed by atoms with van der Waals surface area (Å²) >= 11 is 0. The molecule has 1 aromatic carbocycles. The van der Waals surface area contributed by atoms with Crippen molar-refractivity contribution in [3.05, 3.63) is 71.1 Å². The first-order valence-corrected chi connectivity index (χ1v) is 11.2. The van der Waals surface area contributed by atoms with E-state index in [0.29, 0.717) is 30.1 Å². The molecular formula is C26H24N8O. The third kappa shape index (κ3) is 4.34. The van der Waals surface area contributed by atoms with Crippen molar-refractivity contribution in [2.75, 3.05) is 12.4 Å². The van der Waals surface area contributed by atoms with Crippen LogP contribution in [-0.4, -0.2) is 37.6 Å². The molecule has 3 aromatic heterocycles. The molecule has 35 heavy (non-hydrogen) atoms. The number of nitrogens with one attached hydrogen (secondary N) is 1. The Bertz CT molecular complexity index is 1510. The zero-order chi connectivity index (χ0) is 24.5. The Morgan fingerprint density at radius 2 is 1.89 bits per heavy atom. The van der Waals surface area contributed by atoms with Crippen LogP contribution in [-0.2, 0) is 19.9 Å². The summed E-state index contributed by atoms with van der Waals surface area (Å²) in [6, 6.07) is 15.4. The molecule has 5 rings (SSSR count). The van der Waals surface area contributed by atoms with Gasteiger partial charge in [-0.15, -0.1) is 0 Å². The van der Waals surface area contributed by atoms with Crippen molar-refractivity contribution in [1.82, 2.24) is 24.7 Å². The maximum absolute atomic E-state index is 9.19. The monoisotopic (exact) mass is 464 g/mol. The van der Waals surface area contributed by atoms with Crippen molar-refractivity contribution in [3.63, 3.8) is 0 Å². The number of ether oxygens (including phenoxy) is 1. The fourth-order valence-electron chi connectivity index (χ4n) is 4.30. The zero-order valence-corrected chi connectivity index (χ0v) is 20.0. The summed E-state index contributed by atoms with van der Waals surface area (Å²) in [4.78, 5) is 18.6. The Kier molecular flexibility index (Phi) is 5.71. The lowest BCUT2D eigenvalue weighted by Crippen LogP contribution is -2.03. The molecule has 0 aliphatic carbocycles. The summed E-state index contributed by atoms with van der Waals surface area (Å²) in [7, 11) is 3.51. The Labute approximate surface area is 203 Å². The van der Waals surface area contributed by atoms with Crippen LogP contribution in [0.25, 0.3) is 11.4 Å². The molecule has 4 heterocycles. The van der Waals surface area contributed by atoms with E-state index in [-0.39, 0.29) is 0 Å². The molecule has 1 aliphatic rings. The number of hydrogen-bond acceptors (Lipinski definition) is 8. The van der Waals surface area contributed by atoms with Gasteiger partial charge in [0.2, 0.25) is 0 Å². The number of rotatable bonds is 6. The van der Waals surface area contributed by atoms with Crippen LogP contribution in [0.5, 0.6) is 5.75 Å². The van der Waals surface area contributed by atoms with E-state index in [1.807, 2.05) is 57.3 Å². The van der Waals surface area contributed by atoms with Crippen molar-refractivity contribution >= 4 is 22.8 Å². The smallest absolute Gasteiger partial charge is 0.161 e. The summed E-state index contributed by atoms with van der Waals surface area (Å²) in [5.41, 5.74) is 7.23. The molecule has 1 aliphatic heterocycles. The molecule has 1 N–H and O–H groups in total. The van der Waals surface area contributed by atoms with Gasteiger partial charge in [0.15, 0.2) is 11.6 Å². The second kappa shape index (κ2) is 8.99. The van der Waals surface area contributed by atoms with Crippen molar-refractivity contribution in [1.29, 1.82) is 5.26 Å². The van der Waals surface area contributed by atoms with Crippen molar-refractivity contribution < 1.29 is 4.74 Å². The summed E-state index contributed by atoms with van der Waals surface area (Å²) in [5.74, 6) is 2.08. The molecule has 174 valence electrons. The van der Waals surface area contributed by atoms with E-state index in [2.05, 4.69) is 26.5 Å². The average molecular weight is 465 g/mol. The minimum Gasteiger partial charge on any atom is -0.494 e. The highest BCUT2D eigenvalue weighted by Crippen LogP contribution is 2.41. The first-order valence-electron chi connectivity index (χ1n) is 11.2. The summed E-state index contributed by atoms with van der Waals surface area (Å²) in [6.07, 6.45) is 1.20. The molecular weight excluding hydrogens is 440 g/mol. The number of aliphatic imine (C=N–C) groups is 1. The fraction of sp³-hybridized carbons (Fsp3) is 0.231. The number of nitrogens with zero attached hydrogens (tertiary/aromatic N) is 7. The molecule has 0 spiro atoms. The van der Waals surface area contributed by atoms with E-state index in [9.17, 15) is 5.26 Å². The number of aromatic nitrogens is 5. The summed E-state index contributed by atoms with van der Waals surface area (Å²) in [6.45, 7) is 3.86. The number of methoxy groups -OCH3 is 1. The molecule has 0 saturated heterocycles. The van der Waals surface area contributed by atoms with Gasteiger partial charge in [-0.1, -0.05) is 12.1 Å². The van der Waals surface area contributed by atoms with Crippen molar-refractivity contribution in [2.24, 2.45) is 12.0 Å². The molecule has 0 saturated carbocycles. The quantitative estimate of drug-likeness (QED) is 0.448. The van der Waals surface area contributed by atoms with Crippen LogP contribution in [0.4, 0.5) is 17.1 Å². The second-order valence-electron chi connectivity index (χ2n) is 8.40. The van der Waals surface area contributed by atoms with Gasteiger partial charge in [0.05, 0.1) is 29.7 Å². The number of benzene rings is 1. The predicted molar refractivity (Wildman–Crippen MR) is 133 cm³/mol. The number of hydrogen-bond donors (Lipinski definition) is 1. The van der Waals surface area contributed by atoms with Gasteiger partial charge < -0.3 is 10.1 Å². The van der Waals surface area contributed by atoms with Crippen LogP contribution >= 0.6 is 0 Å². The molecule has 0 atom stereocenters. The van der Waals surface area contributed by atoms with Crippen molar-refractivity contribution in [2.45, 2.75) is 26.7 Å². The van der Waals surface area contributed by atoms with Gasteiger partial charge in [-0.05, 0) is 44.2 Å². The van der Waals surface area contributed by atoms with E-state index in [4.69, 9.17) is 14.7 Å². The molecule has 0 amide bonds. The summed E-state index contributed by atoms with van der Waals surface area (Å²) in [5, 5.41) is 17.1. The molecule has 9 nitrogen and oxygen atoms in total. The van der Waals surface area contributed by atoms with Gasteiger partial charge in [0.1, 0.15) is 23.3 Å². The lowest BCUT2D eigenvalue weighted by Gasteiger charge is -2.17. The first kappa shape index (κ1) is 22.2. The number of para-hydroxylation sites is 1. The Balaban J connectivity index is 1.56. The lowest BCUT2D eigenvalue weighted by atomic mass is 10.1. The Morgan fingerprint density at radius 3 is 2.63 bits per heavy atom. The van der Waals surface area contributed by atoms with E-state index in [0.717, 1.165) is 51.2 Å². The maximum Gasteiger partial charge on any atom is 0.161 e. The second-order valence-corrected chi connectivity index (χ2v) is 8.40. The largest absolute Gasteiger partial charge is 0.494 e. The van der Waals surface area contributed by atoms with E-state index < -0.39 is 0 Å². The highest BCUT2D eigenvalue weighted by molar-refractivity contribution is 5.95. The molecule has 0 fully saturated rings. The third-order valence-electron chi connectivity index (χ3n) is 5.73. The molecule has 9 heteroatoms. The minimum absolute atomic E-state index is 0.391. The number of pyridine rings is 2. The van der Waals surface area contributed by atoms with Crippen LogP contribution in [0, 0.1) is 18.3 Å². The van der Waals surface area contributed by atoms with Gasteiger partial charge in [-0.25, -0.2) is 14.6 Å². The highest BCUT2D eigenvalue weighted by atomic mass is 16.5. The number of aryl methyl sites for hydroxylation is 2. The lowest BCUT2D eigenvalue weighted by molar-refractivity contribution is 0.418. The van der Waals surface area contributed by atoms with E-state index in [1.165, 1.54) is 0 Å². The van der Waals surface area contributed by atoms with Gasteiger partial charge in [-0.2, -0.15) is 10.4 Å². The van der Waals surface area contributed by atoms with Crippen LogP contribution in [0.15, 0.2) is 47.5 Å². The minimum atomic E-state index is 0.391. The number of anilines is 2. The molecule has 0 unspecified atom stereocenters. The third-order valence-corrected chi connectivity index (χ3v) is 5.73. The van der Waals surface area contributed by atoms with Crippen LogP contribution in [0.3, 0.4) is 0 Å². The first-order chi connectivity index (χ1) is 16.9. The van der Waals surface area contributed by atoms with Gasteiger partial charge in [0, 0.05) is 37.0 Å². The normalized spacial score (nSPS) is 12.1. The standard InChI is InChI=1S/C26H24N8O/c1-15-11-22-24(28-15)23(13-19(31-22)12-17-7-5-8-18(14-27)30-17)32-21-10-6-9-20(25(21)35-4)26-29-16(2)33-34(26)3/h5-10,13H,11-12H2,1-4H3,(H,31,32).